The molecule has 0 bridgehead atoms. The number of ether oxygens (including phenoxy) is 2. The molecular formula is C25H27N3O4S. The summed E-state index contributed by atoms with van der Waals surface area (Å²) in [5.41, 5.74) is 2.36. The Morgan fingerprint density at radius 2 is 1.94 bits per heavy atom. The Balaban J connectivity index is 1.54. The molecule has 0 saturated carbocycles. The third-order valence-corrected chi connectivity index (χ3v) is 5.55. The van der Waals surface area contributed by atoms with Crippen molar-refractivity contribution in [1.29, 1.82) is 0 Å². The lowest BCUT2D eigenvalue weighted by atomic mass is 10.2. The molecule has 8 heteroatoms. The van der Waals surface area contributed by atoms with E-state index in [1.165, 1.54) is 11.0 Å². The zero-order chi connectivity index (χ0) is 23.6. The number of carbonyl (C=O) groups excluding carboxylic acids is 2. The Hall–Kier alpha value is -3.65. The average molecular weight is 466 g/mol. The zero-order valence-corrected chi connectivity index (χ0v) is 19.7. The molecule has 0 saturated heterocycles. The summed E-state index contributed by atoms with van der Waals surface area (Å²) < 4.78 is 10.9. The van der Waals surface area contributed by atoms with Crippen LogP contribution >= 0.6 is 11.3 Å². The van der Waals surface area contributed by atoms with Crippen LogP contribution in [-0.4, -0.2) is 41.9 Å². The van der Waals surface area contributed by atoms with Crippen LogP contribution < -0.4 is 14.8 Å². The first kappa shape index (κ1) is 24.0. The molecule has 0 aliphatic heterocycles. The van der Waals surface area contributed by atoms with E-state index in [-0.39, 0.29) is 18.4 Å². The minimum atomic E-state index is -0.267. The number of carbonyl (C=O) groups is 2. The summed E-state index contributed by atoms with van der Waals surface area (Å²) in [6.45, 7) is 4.56. The Kier molecular flexibility index (Phi) is 8.60. The molecule has 0 aliphatic rings. The molecule has 0 radical (unpaired) electrons. The van der Waals surface area contributed by atoms with Gasteiger partial charge in [0.05, 0.1) is 17.8 Å². The van der Waals surface area contributed by atoms with E-state index in [4.69, 9.17) is 9.47 Å². The minimum absolute atomic E-state index is 0.0398. The summed E-state index contributed by atoms with van der Waals surface area (Å²) in [6, 6.07) is 14.5. The number of benzene rings is 2. The van der Waals surface area contributed by atoms with E-state index in [1.807, 2.05) is 43.5 Å². The second kappa shape index (κ2) is 11.8. The summed E-state index contributed by atoms with van der Waals surface area (Å²) >= 11 is 1.59. The van der Waals surface area contributed by atoms with Crippen molar-refractivity contribution in [1.82, 2.24) is 9.88 Å². The molecule has 3 rings (SSSR count). The number of anilines is 1. The summed E-state index contributed by atoms with van der Waals surface area (Å²) in [4.78, 5) is 30.8. The molecule has 0 spiro atoms. The first-order valence-electron chi connectivity index (χ1n) is 10.5. The first-order chi connectivity index (χ1) is 16.0. The third kappa shape index (κ3) is 7.47. The van der Waals surface area contributed by atoms with Crippen LogP contribution in [-0.2, 0) is 16.2 Å². The zero-order valence-electron chi connectivity index (χ0n) is 18.9. The number of nitrogens with zero attached hydrogens (tertiary/aromatic N) is 2. The van der Waals surface area contributed by atoms with Gasteiger partial charge in [-0.1, -0.05) is 12.1 Å². The molecule has 0 fully saturated rings. The van der Waals surface area contributed by atoms with Crippen molar-refractivity contribution in [2.45, 2.75) is 20.5 Å². The van der Waals surface area contributed by atoms with Crippen LogP contribution in [0.1, 0.15) is 23.2 Å². The van der Waals surface area contributed by atoms with Gasteiger partial charge in [0.1, 0.15) is 24.7 Å². The molecule has 33 heavy (non-hydrogen) atoms. The van der Waals surface area contributed by atoms with E-state index in [0.29, 0.717) is 30.3 Å². The third-order valence-electron chi connectivity index (χ3n) is 4.73. The Morgan fingerprint density at radius 1 is 1.15 bits per heavy atom. The number of aromatic nitrogens is 1. The lowest BCUT2D eigenvalue weighted by Crippen LogP contribution is -2.36. The lowest BCUT2D eigenvalue weighted by molar-refractivity contribution is -0.130. The van der Waals surface area contributed by atoms with Crippen molar-refractivity contribution >= 4 is 34.9 Å². The SMILES string of the molecule is CCN(CC(=O)Nc1ccc(OC)cc1)C(=O)/C=C/c1cccc(OCc2csc(C)n2)c1. The number of methoxy groups -OCH3 is 1. The minimum Gasteiger partial charge on any atom is -0.497 e. The van der Waals surface area contributed by atoms with E-state index in [1.54, 1.807) is 48.8 Å². The van der Waals surface area contributed by atoms with Crippen LogP contribution in [0.15, 0.2) is 60.0 Å². The lowest BCUT2D eigenvalue weighted by Gasteiger charge is -2.18. The number of likely N-dealkylation sites (N-methyl/N-ethyl adjacent to an activating group) is 1. The molecule has 7 nitrogen and oxygen atoms in total. The Morgan fingerprint density at radius 3 is 2.61 bits per heavy atom. The summed E-state index contributed by atoms with van der Waals surface area (Å²) in [5.74, 6) is 0.890. The van der Waals surface area contributed by atoms with Crippen molar-refractivity contribution < 1.29 is 19.1 Å². The van der Waals surface area contributed by atoms with E-state index in [9.17, 15) is 9.59 Å². The standard InChI is InChI=1S/C25H27N3O4S/c1-4-28(15-24(29)27-20-9-11-22(31-3)12-10-20)25(30)13-8-19-6-5-7-23(14-19)32-16-21-17-33-18(2)26-21/h5-14,17H,4,15-16H2,1-3H3,(H,27,29)/b13-8+. The van der Waals surface area contributed by atoms with Gasteiger partial charge in [-0.2, -0.15) is 0 Å². The molecule has 172 valence electrons. The summed E-state index contributed by atoms with van der Waals surface area (Å²) in [7, 11) is 1.58. The highest BCUT2D eigenvalue weighted by Crippen LogP contribution is 2.18. The number of hydrogen-bond donors (Lipinski definition) is 1. The predicted octanol–water partition coefficient (Wildman–Crippen LogP) is 4.54. The van der Waals surface area contributed by atoms with Gasteiger partial charge < -0.3 is 19.7 Å². The van der Waals surface area contributed by atoms with Gasteiger partial charge >= 0.3 is 0 Å². The molecule has 2 amide bonds. The molecule has 0 unspecified atom stereocenters. The fraction of sp³-hybridized carbons (Fsp3) is 0.240. The molecule has 1 N–H and O–H groups in total. The molecule has 0 aliphatic carbocycles. The molecular weight excluding hydrogens is 438 g/mol. The van der Waals surface area contributed by atoms with Crippen molar-refractivity contribution in [2.24, 2.45) is 0 Å². The quantitative estimate of drug-likeness (QED) is 0.445. The molecule has 1 heterocycles. The molecule has 3 aromatic rings. The van der Waals surface area contributed by atoms with Crippen molar-refractivity contribution in [3.8, 4) is 11.5 Å². The van der Waals surface area contributed by atoms with Crippen molar-refractivity contribution in [3.63, 3.8) is 0 Å². The van der Waals surface area contributed by atoms with Gasteiger partial charge in [-0.05, 0) is 61.9 Å². The van der Waals surface area contributed by atoms with Gasteiger partial charge in [-0.3, -0.25) is 9.59 Å². The van der Waals surface area contributed by atoms with E-state index < -0.39 is 0 Å². The number of thiazole rings is 1. The number of rotatable bonds is 10. The number of hydrogen-bond acceptors (Lipinski definition) is 6. The number of amides is 2. The van der Waals surface area contributed by atoms with Gasteiger partial charge in [0.2, 0.25) is 11.8 Å². The Bertz CT molecular complexity index is 1110. The maximum absolute atomic E-state index is 12.6. The predicted molar refractivity (Wildman–Crippen MR) is 131 cm³/mol. The van der Waals surface area contributed by atoms with Gasteiger partial charge in [0.15, 0.2) is 0 Å². The highest BCUT2D eigenvalue weighted by Gasteiger charge is 2.13. The highest BCUT2D eigenvalue weighted by molar-refractivity contribution is 7.09. The fourth-order valence-corrected chi connectivity index (χ4v) is 3.60. The van der Waals surface area contributed by atoms with Crippen LogP contribution in [0.2, 0.25) is 0 Å². The maximum atomic E-state index is 12.6. The maximum Gasteiger partial charge on any atom is 0.247 e. The smallest absolute Gasteiger partial charge is 0.247 e. The molecule has 1 aromatic heterocycles. The molecule has 2 aromatic carbocycles. The van der Waals surface area contributed by atoms with Crippen LogP contribution in [0, 0.1) is 6.92 Å². The largest absolute Gasteiger partial charge is 0.497 e. The van der Waals surface area contributed by atoms with Crippen LogP contribution in [0.3, 0.4) is 0 Å². The van der Waals surface area contributed by atoms with Gasteiger partial charge in [-0.25, -0.2) is 4.98 Å². The van der Waals surface area contributed by atoms with Crippen LogP contribution in [0.25, 0.3) is 6.08 Å². The number of nitrogens with one attached hydrogen (secondary N) is 1. The fourth-order valence-electron chi connectivity index (χ4n) is 3.01. The summed E-state index contributed by atoms with van der Waals surface area (Å²) in [5, 5.41) is 5.77. The van der Waals surface area contributed by atoms with Crippen molar-refractivity contribution in [3.05, 3.63) is 76.3 Å². The second-order valence-corrected chi connectivity index (χ2v) is 8.24. The van der Waals surface area contributed by atoms with E-state index >= 15 is 0 Å². The monoisotopic (exact) mass is 465 g/mol. The van der Waals surface area contributed by atoms with Crippen LogP contribution in [0.4, 0.5) is 5.69 Å². The molecule has 0 atom stereocenters. The van der Waals surface area contributed by atoms with Crippen LogP contribution in [0.5, 0.6) is 11.5 Å². The van der Waals surface area contributed by atoms with E-state index in [2.05, 4.69) is 10.3 Å². The summed E-state index contributed by atoms with van der Waals surface area (Å²) in [6.07, 6.45) is 3.18. The first-order valence-corrected chi connectivity index (χ1v) is 11.4. The number of aryl methyl sites for hydroxylation is 1. The average Bonchev–Trinajstić information content (AvgIpc) is 3.25. The van der Waals surface area contributed by atoms with Gasteiger partial charge in [0.25, 0.3) is 0 Å². The van der Waals surface area contributed by atoms with Crippen molar-refractivity contribution in [2.75, 3.05) is 25.5 Å². The van der Waals surface area contributed by atoms with Gasteiger partial charge in [0, 0.05) is 23.7 Å². The second-order valence-electron chi connectivity index (χ2n) is 7.18. The highest BCUT2D eigenvalue weighted by atomic mass is 32.1. The normalized spacial score (nSPS) is 10.8. The topological polar surface area (TPSA) is 80.8 Å². The van der Waals surface area contributed by atoms with Gasteiger partial charge in [-0.15, -0.1) is 11.3 Å². The van der Waals surface area contributed by atoms with E-state index in [0.717, 1.165) is 16.3 Å². The Labute approximate surface area is 197 Å².